The van der Waals surface area contributed by atoms with Gasteiger partial charge in [0.15, 0.2) is 5.78 Å². The van der Waals surface area contributed by atoms with E-state index in [1.54, 1.807) is 6.07 Å². The summed E-state index contributed by atoms with van der Waals surface area (Å²) in [5.74, 6) is -2.71. The van der Waals surface area contributed by atoms with Gasteiger partial charge in [0.2, 0.25) is 0 Å². The Bertz CT molecular complexity index is 1020. The Labute approximate surface area is 172 Å². The minimum atomic E-state index is -0.948. The van der Waals surface area contributed by atoms with E-state index in [4.69, 9.17) is 16.3 Å². The smallest absolute Gasteiger partial charge is 0.316 e. The molecule has 7 heteroatoms. The van der Waals surface area contributed by atoms with Crippen molar-refractivity contribution in [3.8, 4) is 0 Å². The molecule has 2 aliphatic rings. The third-order valence-electron chi connectivity index (χ3n) is 5.51. The second kappa shape index (κ2) is 7.52. The summed E-state index contributed by atoms with van der Waals surface area (Å²) in [7, 11) is 1.26. The van der Waals surface area contributed by atoms with Crippen LogP contribution in [0.15, 0.2) is 53.7 Å². The number of rotatable bonds is 2. The fraction of sp³-hybridized carbons (Fsp3) is 0.273. The van der Waals surface area contributed by atoms with Gasteiger partial charge in [-0.15, -0.1) is 0 Å². The number of Topliss-reactive ketones (excluding diaryl/α,β-unsaturated/α-hetero) is 1. The van der Waals surface area contributed by atoms with Gasteiger partial charge >= 0.3 is 5.97 Å². The molecule has 4 rings (SSSR count). The van der Waals surface area contributed by atoms with Crippen LogP contribution in [-0.4, -0.2) is 18.9 Å². The standard InChI is InChI=1S/C22H20ClFN2O3/c1-11-10-16-19(21(27)17(11)22(28)29-2)20(18-12(23)6-5-7-13(18)24)26-15-9-4-3-8-14(15)25-16/h3-9,11,17,20,25-26H,10H2,1-2H3/t11-,17+,20+/m0/s1. The number of para-hydroxylation sites is 2. The van der Waals surface area contributed by atoms with Crippen LogP contribution < -0.4 is 10.6 Å². The maximum Gasteiger partial charge on any atom is 0.316 e. The number of fused-ring (bicyclic) bond motifs is 1. The molecule has 0 amide bonds. The molecule has 0 aromatic heterocycles. The molecule has 2 N–H and O–H groups in total. The number of ether oxygens (including phenoxy) is 1. The third kappa shape index (κ3) is 3.27. The molecule has 2 aromatic rings. The molecule has 1 aliphatic carbocycles. The summed E-state index contributed by atoms with van der Waals surface area (Å²) in [4.78, 5) is 25.8. The number of allylic oxidation sites excluding steroid dienone is 1. The molecule has 0 bridgehead atoms. The van der Waals surface area contributed by atoms with E-state index in [0.717, 1.165) is 5.69 Å². The number of hydrogen-bond acceptors (Lipinski definition) is 5. The number of methoxy groups -OCH3 is 1. The average molecular weight is 415 g/mol. The first kappa shape index (κ1) is 19.5. The zero-order valence-electron chi connectivity index (χ0n) is 16.0. The van der Waals surface area contributed by atoms with Crippen molar-refractivity contribution in [1.29, 1.82) is 0 Å². The van der Waals surface area contributed by atoms with Crippen LogP contribution in [0.25, 0.3) is 0 Å². The number of benzene rings is 2. The van der Waals surface area contributed by atoms with E-state index < -0.39 is 23.7 Å². The Morgan fingerprint density at radius 2 is 1.90 bits per heavy atom. The normalized spacial score (nSPS) is 23.3. The number of ketones is 1. The maximum absolute atomic E-state index is 14.9. The SMILES string of the molecule is COC(=O)[C@H]1C(=O)C2=C(C[C@@H]1C)Nc1ccccc1N[C@@H]2c1c(F)cccc1Cl. The average Bonchev–Trinajstić information content (AvgIpc) is 2.84. The van der Waals surface area contributed by atoms with Crippen LogP contribution in [0.3, 0.4) is 0 Å². The van der Waals surface area contributed by atoms with Gasteiger partial charge in [-0.2, -0.15) is 0 Å². The minimum Gasteiger partial charge on any atom is -0.468 e. The summed E-state index contributed by atoms with van der Waals surface area (Å²) in [5.41, 5.74) is 2.62. The van der Waals surface area contributed by atoms with Gasteiger partial charge in [0, 0.05) is 21.9 Å². The predicted molar refractivity (Wildman–Crippen MR) is 109 cm³/mol. The van der Waals surface area contributed by atoms with Gasteiger partial charge in [-0.05, 0) is 36.6 Å². The van der Waals surface area contributed by atoms with Crippen molar-refractivity contribution in [3.05, 3.63) is 70.1 Å². The first-order valence-electron chi connectivity index (χ1n) is 9.34. The van der Waals surface area contributed by atoms with E-state index >= 15 is 0 Å². The summed E-state index contributed by atoms with van der Waals surface area (Å²) in [5, 5.41) is 6.78. The zero-order valence-corrected chi connectivity index (χ0v) is 16.7. The summed E-state index contributed by atoms with van der Waals surface area (Å²) < 4.78 is 19.7. The number of esters is 1. The van der Waals surface area contributed by atoms with Crippen LogP contribution >= 0.6 is 11.6 Å². The molecular formula is C22H20ClFN2O3. The molecule has 0 fully saturated rings. The van der Waals surface area contributed by atoms with Crippen LogP contribution in [0.1, 0.15) is 24.9 Å². The number of nitrogens with one attached hydrogen (secondary N) is 2. The Balaban J connectivity index is 1.93. The van der Waals surface area contributed by atoms with Crippen LogP contribution in [-0.2, 0) is 14.3 Å². The third-order valence-corrected chi connectivity index (χ3v) is 5.84. The fourth-order valence-corrected chi connectivity index (χ4v) is 4.41. The van der Waals surface area contributed by atoms with Crippen LogP contribution in [0.4, 0.5) is 15.8 Å². The van der Waals surface area contributed by atoms with E-state index in [1.807, 2.05) is 31.2 Å². The summed E-state index contributed by atoms with van der Waals surface area (Å²) in [6.07, 6.45) is 0.444. The molecule has 1 aliphatic heterocycles. The number of carbonyl (C=O) groups excluding carboxylic acids is 2. The minimum absolute atomic E-state index is 0.173. The molecule has 0 radical (unpaired) electrons. The number of carbonyl (C=O) groups is 2. The molecule has 0 saturated carbocycles. The molecule has 0 spiro atoms. The Morgan fingerprint density at radius 3 is 2.59 bits per heavy atom. The van der Waals surface area contributed by atoms with Crippen LogP contribution in [0.5, 0.6) is 0 Å². The van der Waals surface area contributed by atoms with E-state index in [1.165, 1.54) is 19.2 Å². The van der Waals surface area contributed by atoms with Crippen molar-refractivity contribution in [1.82, 2.24) is 0 Å². The van der Waals surface area contributed by atoms with Crippen molar-refractivity contribution in [2.24, 2.45) is 11.8 Å². The van der Waals surface area contributed by atoms with Gasteiger partial charge < -0.3 is 15.4 Å². The highest BCUT2D eigenvalue weighted by Crippen LogP contribution is 2.45. The van der Waals surface area contributed by atoms with Gasteiger partial charge in [0.25, 0.3) is 0 Å². The van der Waals surface area contributed by atoms with Crippen molar-refractivity contribution < 1.29 is 18.7 Å². The molecular weight excluding hydrogens is 395 g/mol. The van der Waals surface area contributed by atoms with Gasteiger partial charge in [0.05, 0.1) is 24.5 Å². The van der Waals surface area contributed by atoms with Gasteiger partial charge in [-0.1, -0.05) is 36.7 Å². The lowest BCUT2D eigenvalue weighted by molar-refractivity contribution is -0.151. The highest BCUT2D eigenvalue weighted by atomic mass is 35.5. The Hall–Kier alpha value is -2.86. The predicted octanol–water partition coefficient (Wildman–Crippen LogP) is 4.71. The second-order valence-electron chi connectivity index (χ2n) is 7.32. The van der Waals surface area contributed by atoms with Gasteiger partial charge in [-0.25, -0.2) is 4.39 Å². The summed E-state index contributed by atoms with van der Waals surface area (Å²) in [6.45, 7) is 1.83. The van der Waals surface area contributed by atoms with Crippen molar-refractivity contribution >= 4 is 34.7 Å². The molecule has 29 heavy (non-hydrogen) atoms. The molecule has 1 heterocycles. The zero-order chi connectivity index (χ0) is 20.7. The maximum atomic E-state index is 14.9. The quantitative estimate of drug-likeness (QED) is 0.550. The lowest BCUT2D eigenvalue weighted by Gasteiger charge is -2.32. The number of halogens is 2. The van der Waals surface area contributed by atoms with Crippen LogP contribution in [0.2, 0.25) is 5.02 Å². The molecule has 0 unspecified atom stereocenters. The lowest BCUT2D eigenvalue weighted by Crippen LogP contribution is -2.39. The molecule has 0 saturated heterocycles. The van der Waals surface area contributed by atoms with Gasteiger partial charge in [-0.3, -0.25) is 9.59 Å². The Morgan fingerprint density at radius 1 is 1.17 bits per heavy atom. The first-order valence-corrected chi connectivity index (χ1v) is 9.71. The van der Waals surface area contributed by atoms with E-state index in [0.29, 0.717) is 23.4 Å². The highest BCUT2D eigenvalue weighted by Gasteiger charge is 2.45. The van der Waals surface area contributed by atoms with Crippen molar-refractivity contribution in [3.63, 3.8) is 0 Å². The molecule has 2 aromatic carbocycles. The van der Waals surface area contributed by atoms with Crippen molar-refractivity contribution in [2.45, 2.75) is 19.4 Å². The van der Waals surface area contributed by atoms with Crippen LogP contribution in [0, 0.1) is 17.7 Å². The van der Waals surface area contributed by atoms with E-state index in [2.05, 4.69) is 10.6 Å². The van der Waals surface area contributed by atoms with E-state index in [-0.39, 0.29) is 22.3 Å². The summed E-state index contributed by atoms with van der Waals surface area (Å²) in [6, 6.07) is 11.0. The van der Waals surface area contributed by atoms with Gasteiger partial charge in [0.1, 0.15) is 11.7 Å². The number of hydrogen-bond donors (Lipinski definition) is 2. The molecule has 5 nitrogen and oxygen atoms in total. The monoisotopic (exact) mass is 414 g/mol. The topological polar surface area (TPSA) is 67.4 Å². The largest absolute Gasteiger partial charge is 0.468 e. The molecule has 3 atom stereocenters. The lowest BCUT2D eigenvalue weighted by atomic mass is 9.74. The second-order valence-corrected chi connectivity index (χ2v) is 7.73. The molecule has 150 valence electrons. The Kier molecular flexibility index (Phi) is 5.04. The summed E-state index contributed by atoms with van der Waals surface area (Å²) >= 11 is 6.35. The number of anilines is 2. The van der Waals surface area contributed by atoms with Crippen molar-refractivity contribution in [2.75, 3.05) is 17.7 Å². The fourth-order valence-electron chi connectivity index (χ4n) is 4.14. The first-order chi connectivity index (χ1) is 13.9. The highest BCUT2D eigenvalue weighted by molar-refractivity contribution is 6.31. The van der Waals surface area contributed by atoms with E-state index in [9.17, 15) is 14.0 Å².